The highest BCUT2D eigenvalue weighted by atomic mass is 16.5. The van der Waals surface area contributed by atoms with E-state index in [1.165, 1.54) is 6.33 Å². The fourth-order valence-electron chi connectivity index (χ4n) is 2.02. The molecule has 0 saturated carbocycles. The van der Waals surface area contributed by atoms with Crippen LogP contribution in [0.25, 0.3) is 10.9 Å². The molecule has 0 unspecified atom stereocenters. The van der Waals surface area contributed by atoms with Crippen molar-refractivity contribution < 1.29 is 9.84 Å². The van der Waals surface area contributed by atoms with E-state index in [4.69, 9.17) is 4.74 Å². The first kappa shape index (κ1) is 12.4. The first-order valence-electron chi connectivity index (χ1n) is 6.43. The number of fused-ring (bicyclic) bond motifs is 1. The van der Waals surface area contributed by atoms with Crippen LogP contribution < -0.4 is 4.74 Å². The molecule has 0 amide bonds. The summed E-state index contributed by atoms with van der Waals surface area (Å²) in [6.45, 7) is 0.534. The van der Waals surface area contributed by atoms with Crippen molar-refractivity contribution in [3.05, 3.63) is 60.4 Å². The van der Waals surface area contributed by atoms with Gasteiger partial charge in [-0.1, -0.05) is 24.3 Å². The Bertz CT molecular complexity index is 706. The van der Waals surface area contributed by atoms with Gasteiger partial charge in [-0.3, -0.25) is 0 Å². The van der Waals surface area contributed by atoms with Crippen LogP contribution in [-0.4, -0.2) is 21.7 Å². The van der Waals surface area contributed by atoms with Crippen LogP contribution in [0.5, 0.6) is 11.6 Å². The van der Waals surface area contributed by atoms with Gasteiger partial charge in [0.05, 0.1) is 17.5 Å². The van der Waals surface area contributed by atoms with Crippen molar-refractivity contribution in [3.63, 3.8) is 0 Å². The smallest absolute Gasteiger partial charge is 0.224 e. The molecule has 20 heavy (non-hydrogen) atoms. The van der Waals surface area contributed by atoms with Gasteiger partial charge < -0.3 is 9.84 Å². The lowest BCUT2D eigenvalue weighted by Crippen LogP contribution is -2.03. The van der Waals surface area contributed by atoms with E-state index < -0.39 is 0 Å². The molecule has 0 aliphatic carbocycles. The van der Waals surface area contributed by atoms with Gasteiger partial charge in [-0.15, -0.1) is 0 Å². The fraction of sp³-hybridized carbons (Fsp3) is 0.125. The summed E-state index contributed by atoms with van der Waals surface area (Å²) >= 11 is 0. The summed E-state index contributed by atoms with van der Waals surface area (Å²) in [6, 6.07) is 14.9. The number of aromatic hydroxyl groups is 1. The molecule has 0 atom stereocenters. The number of benzene rings is 2. The minimum Gasteiger partial charge on any atom is -0.508 e. The molecule has 0 aliphatic rings. The quantitative estimate of drug-likeness (QED) is 0.788. The molecule has 0 saturated heterocycles. The van der Waals surface area contributed by atoms with Crippen LogP contribution in [0.1, 0.15) is 5.56 Å². The summed E-state index contributed by atoms with van der Waals surface area (Å²) in [5.74, 6) is 0.880. The normalized spacial score (nSPS) is 10.6. The number of rotatable bonds is 4. The van der Waals surface area contributed by atoms with Crippen molar-refractivity contribution >= 4 is 10.9 Å². The largest absolute Gasteiger partial charge is 0.508 e. The Hall–Kier alpha value is -2.62. The lowest BCUT2D eigenvalue weighted by Gasteiger charge is -2.07. The van der Waals surface area contributed by atoms with E-state index in [0.717, 1.165) is 22.9 Å². The van der Waals surface area contributed by atoms with Crippen molar-refractivity contribution in [3.8, 4) is 11.6 Å². The molecule has 0 bridgehead atoms. The Morgan fingerprint density at radius 2 is 1.75 bits per heavy atom. The van der Waals surface area contributed by atoms with Crippen molar-refractivity contribution in [1.29, 1.82) is 0 Å². The third kappa shape index (κ3) is 2.69. The number of phenolic OH excluding ortho intramolecular Hbond substituents is 1. The van der Waals surface area contributed by atoms with Crippen LogP contribution in [0.3, 0.4) is 0 Å². The summed E-state index contributed by atoms with van der Waals surface area (Å²) in [5, 5.41) is 10.1. The monoisotopic (exact) mass is 266 g/mol. The number of nitrogens with zero attached hydrogens (tertiary/aromatic N) is 2. The SMILES string of the molecule is Oc1ccc(CCOc2ncnc3ccccc23)cc1. The minimum atomic E-state index is 0.275. The molecule has 1 heterocycles. The second-order valence-electron chi connectivity index (χ2n) is 4.46. The Morgan fingerprint density at radius 1 is 0.950 bits per heavy atom. The molecule has 3 aromatic rings. The maximum Gasteiger partial charge on any atom is 0.224 e. The van der Waals surface area contributed by atoms with Gasteiger partial charge in [0, 0.05) is 6.42 Å². The van der Waals surface area contributed by atoms with Gasteiger partial charge in [0.25, 0.3) is 0 Å². The van der Waals surface area contributed by atoms with Crippen LogP contribution in [0.15, 0.2) is 54.9 Å². The van der Waals surface area contributed by atoms with E-state index in [1.54, 1.807) is 12.1 Å². The van der Waals surface area contributed by atoms with Crippen LogP contribution in [0.4, 0.5) is 0 Å². The van der Waals surface area contributed by atoms with Gasteiger partial charge >= 0.3 is 0 Å². The number of hydrogen-bond donors (Lipinski definition) is 1. The van der Waals surface area contributed by atoms with E-state index in [2.05, 4.69) is 9.97 Å². The van der Waals surface area contributed by atoms with E-state index in [0.29, 0.717) is 12.5 Å². The summed E-state index contributed by atoms with van der Waals surface area (Å²) in [7, 11) is 0. The lowest BCUT2D eigenvalue weighted by molar-refractivity contribution is 0.313. The van der Waals surface area contributed by atoms with Gasteiger partial charge in [0.2, 0.25) is 5.88 Å². The molecule has 0 fully saturated rings. The Kier molecular flexibility index (Phi) is 3.46. The summed E-state index contributed by atoms with van der Waals surface area (Å²) in [4.78, 5) is 8.38. The van der Waals surface area contributed by atoms with Crippen molar-refractivity contribution in [2.75, 3.05) is 6.61 Å². The third-order valence-electron chi connectivity index (χ3n) is 3.07. The van der Waals surface area contributed by atoms with Crippen LogP contribution in [-0.2, 0) is 6.42 Å². The molecule has 2 aromatic carbocycles. The van der Waals surface area contributed by atoms with Gasteiger partial charge in [-0.05, 0) is 29.8 Å². The van der Waals surface area contributed by atoms with Crippen molar-refractivity contribution in [2.45, 2.75) is 6.42 Å². The second-order valence-corrected chi connectivity index (χ2v) is 4.46. The average Bonchev–Trinajstić information content (AvgIpc) is 2.49. The molecule has 1 aromatic heterocycles. The predicted molar refractivity (Wildman–Crippen MR) is 76.8 cm³/mol. The standard InChI is InChI=1S/C16H14N2O2/c19-13-7-5-12(6-8-13)9-10-20-16-14-3-1-2-4-15(14)17-11-18-16/h1-8,11,19H,9-10H2. The summed E-state index contributed by atoms with van der Waals surface area (Å²) in [6.07, 6.45) is 2.27. The number of phenols is 1. The molecule has 4 heteroatoms. The number of hydrogen-bond acceptors (Lipinski definition) is 4. The molecule has 3 rings (SSSR count). The van der Waals surface area contributed by atoms with Gasteiger partial charge in [-0.25, -0.2) is 9.97 Å². The molecule has 1 N–H and O–H groups in total. The van der Waals surface area contributed by atoms with Crippen LogP contribution in [0, 0.1) is 0 Å². The van der Waals surface area contributed by atoms with Crippen LogP contribution >= 0.6 is 0 Å². The van der Waals surface area contributed by atoms with E-state index >= 15 is 0 Å². The van der Waals surface area contributed by atoms with Gasteiger partial charge in [0.1, 0.15) is 12.1 Å². The van der Waals surface area contributed by atoms with Crippen LogP contribution in [0.2, 0.25) is 0 Å². The zero-order valence-electron chi connectivity index (χ0n) is 10.9. The third-order valence-corrected chi connectivity index (χ3v) is 3.07. The predicted octanol–water partition coefficient (Wildman–Crippen LogP) is 2.96. The molecule has 0 spiro atoms. The zero-order chi connectivity index (χ0) is 13.8. The molecule has 0 aliphatic heterocycles. The Labute approximate surface area is 116 Å². The van der Waals surface area contributed by atoms with Gasteiger partial charge in [-0.2, -0.15) is 0 Å². The number of ether oxygens (including phenoxy) is 1. The Balaban J connectivity index is 1.69. The molecule has 4 nitrogen and oxygen atoms in total. The highest BCUT2D eigenvalue weighted by Crippen LogP contribution is 2.20. The highest BCUT2D eigenvalue weighted by Gasteiger charge is 2.03. The molecule has 100 valence electrons. The average molecular weight is 266 g/mol. The van der Waals surface area contributed by atoms with E-state index in [9.17, 15) is 5.11 Å². The molecule has 0 radical (unpaired) electrons. The first-order valence-corrected chi connectivity index (χ1v) is 6.43. The number of para-hydroxylation sites is 1. The zero-order valence-corrected chi connectivity index (χ0v) is 10.9. The van der Waals surface area contributed by atoms with Crippen molar-refractivity contribution in [1.82, 2.24) is 9.97 Å². The Morgan fingerprint density at radius 3 is 2.60 bits per heavy atom. The maximum absolute atomic E-state index is 9.23. The van der Waals surface area contributed by atoms with Crippen molar-refractivity contribution in [2.24, 2.45) is 0 Å². The maximum atomic E-state index is 9.23. The van der Waals surface area contributed by atoms with Gasteiger partial charge in [0.15, 0.2) is 0 Å². The first-order chi connectivity index (χ1) is 9.83. The molecular weight excluding hydrogens is 252 g/mol. The highest BCUT2D eigenvalue weighted by molar-refractivity contribution is 5.82. The van der Waals surface area contributed by atoms with E-state index in [-0.39, 0.29) is 5.75 Å². The topological polar surface area (TPSA) is 55.2 Å². The minimum absolute atomic E-state index is 0.275. The summed E-state index contributed by atoms with van der Waals surface area (Å²) < 4.78 is 5.74. The lowest BCUT2D eigenvalue weighted by atomic mass is 10.1. The fourth-order valence-corrected chi connectivity index (χ4v) is 2.02. The number of aromatic nitrogens is 2. The second kappa shape index (κ2) is 5.57. The molecular formula is C16H14N2O2. The summed E-state index contributed by atoms with van der Waals surface area (Å²) in [5.41, 5.74) is 1.99. The van der Waals surface area contributed by atoms with E-state index in [1.807, 2.05) is 36.4 Å².